The highest BCUT2D eigenvalue weighted by atomic mass is 35.5. The molecule has 11 heteroatoms. The summed E-state index contributed by atoms with van der Waals surface area (Å²) in [6.45, 7) is 2.89. The number of rotatable bonds is 10. The maximum atomic E-state index is 12.7. The Labute approximate surface area is 195 Å². The molecule has 0 bridgehead atoms. The van der Waals surface area contributed by atoms with E-state index in [0.29, 0.717) is 35.9 Å². The van der Waals surface area contributed by atoms with E-state index in [-0.39, 0.29) is 24.0 Å². The molecule has 0 spiro atoms. The molecular weight excluding hydrogens is 448 g/mol. The van der Waals surface area contributed by atoms with Crippen molar-refractivity contribution in [2.24, 2.45) is 0 Å². The first kappa shape index (κ1) is 24.0. The smallest absolute Gasteiger partial charge is 0.311 e. The number of aryl methyl sites for hydroxylation is 1. The Hall–Kier alpha value is -3.63. The van der Waals surface area contributed by atoms with Crippen molar-refractivity contribution in [1.82, 2.24) is 14.9 Å². The zero-order valence-corrected chi connectivity index (χ0v) is 18.7. The molecule has 2 aromatic heterocycles. The fraction of sp³-hybridized carbons (Fsp3) is 0.273. The number of pyridine rings is 1. The van der Waals surface area contributed by atoms with Gasteiger partial charge >= 0.3 is 5.69 Å². The molecule has 1 amide bonds. The minimum atomic E-state index is -0.654. The first-order valence-electron chi connectivity index (χ1n) is 10.3. The van der Waals surface area contributed by atoms with Crippen molar-refractivity contribution in [2.45, 2.75) is 26.0 Å². The van der Waals surface area contributed by atoms with Crippen LogP contribution < -0.4 is 16.4 Å². The summed E-state index contributed by atoms with van der Waals surface area (Å²) in [5.74, 6) is 0.0196. The summed E-state index contributed by atoms with van der Waals surface area (Å²) in [5, 5.41) is 26.7. The number of halogens is 1. The predicted molar refractivity (Wildman–Crippen MR) is 127 cm³/mol. The van der Waals surface area contributed by atoms with E-state index in [4.69, 9.17) is 17.3 Å². The van der Waals surface area contributed by atoms with Crippen LogP contribution in [0.2, 0.25) is 5.02 Å². The van der Waals surface area contributed by atoms with Crippen molar-refractivity contribution in [3.63, 3.8) is 0 Å². The molecule has 1 aromatic carbocycles. The highest BCUT2D eigenvalue weighted by Crippen LogP contribution is 2.27. The fourth-order valence-corrected chi connectivity index (χ4v) is 3.43. The second kappa shape index (κ2) is 10.8. The standard InChI is InChI=1S/C22H25ClN6O4/c1-14(30)11-26-22(31)18-13-28(12-17(18)15-4-2-5-16(23)10-15)9-3-8-25-20-7-6-19(29(32)33)21(24)27-20/h2,4-7,10,12-14,30H,3,8-9,11H2,1H3,(H,26,31)(H3,24,25,27)/t14-/m1/s1. The van der Waals surface area contributed by atoms with Crippen molar-refractivity contribution in [1.29, 1.82) is 0 Å². The number of aromatic nitrogens is 2. The number of anilines is 2. The molecule has 2 heterocycles. The summed E-state index contributed by atoms with van der Waals surface area (Å²) < 4.78 is 1.91. The molecule has 0 fully saturated rings. The zero-order chi connectivity index (χ0) is 24.0. The quantitative estimate of drug-likeness (QED) is 0.201. The van der Waals surface area contributed by atoms with Crippen LogP contribution in [0.25, 0.3) is 11.1 Å². The second-order valence-corrected chi connectivity index (χ2v) is 7.97. The SMILES string of the molecule is C[C@@H](O)CNC(=O)c1cn(CCCNc2ccc([N+](=O)[O-])c(N)n2)cc1-c1cccc(Cl)c1. The number of hydrogen-bond acceptors (Lipinski definition) is 7. The van der Waals surface area contributed by atoms with E-state index in [1.54, 1.807) is 25.3 Å². The lowest BCUT2D eigenvalue weighted by molar-refractivity contribution is -0.384. The Morgan fingerprint density at radius 3 is 2.79 bits per heavy atom. The number of amides is 1. The topological polar surface area (TPSA) is 148 Å². The number of nitrogens with zero attached hydrogens (tertiary/aromatic N) is 3. The fourth-order valence-electron chi connectivity index (χ4n) is 3.24. The van der Waals surface area contributed by atoms with Gasteiger partial charge < -0.3 is 26.0 Å². The molecule has 0 radical (unpaired) electrons. The number of benzene rings is 1. The van der Waals surface area contributed by atoms with Gasteiger partial charge in [0.05, 0.1) is 16.6 Å². The number of carbonyl (C=O) groups is 1. The lowest BCUT2D eigenvalue weighted by Gasteiger charge is -2.08. The number of hydrogen-bond donors (Lipinski definition) is 4. The molecule has 5 N–H and O–H groups in total. The van der Waals surface area contributed by atoms with Crippen LogP contribution in [0.5, 0.6) is 0 Å². The Bertz CT molecular complexity index is 1150. The third kappa shape index (κ3) is 6.43. The molecule has 3 rings (SSSR count). The minimum absolute atomic E-state index is 0.144. The molecule has 0 unspecified atom stereocenters. The molecule has 0 aliphatic heterocycles. The first-order valence-corrected chi connectivity index (χ1v) is 10.7. The number of aliphatic hydroxyl groups excluding tert-OH is 1. The molecule has 174 valence electrons. The largest absolute Gasteiger partial charge is 0.392 e. The first-order chi connectivity index (χ1) is 15.7. The molecule has 3 aromatic rings. The summed E-state index contributed by atoms with van der Waals surface area (Å²) in [6.07, 6.45) is 3.68. The van der Waals surface area contributed by atoms with E-state index >= 15 is 0 Å². The molecule has 0 saturated carbocycles. The Balaban J connectivity index is 1.69. The van der Waals surface area contributed by atoms with Crippen molar-refractivity contribution >= 4 is 34.8 Å². The van der Waals surface area contributed by atoms with Crippen LogP contribution in [-0.2, 0) is 6.54 Å². The van der Waals surface area contributed by atoms with Crippen LogP contribution in [-0.4, -0.2) is 44.7 Å². The number of nitro groups is 1. The maximum absolute atomic E-state index is 12.7. The van der Waals surface area contributed by atoms with Gasteiger partial charge in [0.2, 0.25) is 5.82 Å². The van der Waals surface area contributed by atoms with E-state index in [1.165, 1.54) is 12.1 Å². The van der Waals surface area contributed by atoms with Crippen molar-refractivity contribution in [2.75, 3.05) is 24.1 Å². The Morgan fingerprint density at radius 2 is 2.12 bits per heavy atom. The van der Waals surface area contributed by atoms with E-state index in [0.717, 1.165) is 11.1 Å². The minimum Gasteiger partial charge on any atom is -0.392 e. The molecular formula is C22H25ClN6O4. The summed E-state index contributed by atoms with van der Waals surface area (Å²) in [7, 11) is 0. The normalized spacial score (nSPS) is 11.7. The van der Waals surface area contributed by atoms with Gasteiger partial charge in [-0.1, -0.05) is 23.7 Å². The average molecular weight is 473 g/mol. The van der Waals surface area contributed by atoms with Crippen molar-refractivity contribution in [3.05, 3.63) is 69.5 Å². The molecule has 0 aliphatic rings. The Kier molecular flexibility index (Phi) is 7.86. The summed E-state index contributed by atoms with van der Waals surface area (Å²) in [5.41, 5.74) is 7.41. The van der Waals surface area contributed by atoms with E-state index in [1.807, 2.05) is 22.9 Å². The van der Waals surface area contributed by atoms with Crippen LogP contribution in [0.15, 0.2) is 48.8 Å². The van der Waals surface area contributed by atoms with Crippen LogP contribution in [0.1, 0.15) is 23.7 Å². The average Bonchev–Trinajstić information content (AvgIpc) is 3.19. The van der Waals surface area contributed by atoms with Gasteiger partial charge in [0, 0.05) is 48.7 Å². The van der Waals surface area contributed by atoms with Gasteiger partial charge in [-0.25, -0.2) is 4.98 Å². The molecule has 0 aliphatic carbocycles. The molecule has 33 heavy (non-hydrogen) atoms. The monoisotopic (exact) mass is 472 g/mol. The van der Waals surface area contributed by atoms with Gasteiger partial charge in [-0.3, -0.25) is 14.9 Å². The lowest BCUT2D eigenvalue weighted by atomic mass is 10.0. The highest BCUT2D eigenvalue weighted by molar-refractivity contribution is 6.30. The number of nitrogen functional groups attached to an aromatic ring is 1. The van der Waals surface area contributed by atoms with Gasteiger partial charge in [0.25, 0.3) is 5.91 Å². The van der Waals surface area contributed by atoms with E-state index in [9.17, 15) is 20.0 Å². The molecule has 10 nitrogen and oxygen atoms in total. The van der Waals surface area contributed by atoms with Crippen LogP contribution in [0, 0.1) is 10.1 Å². The van der Waals surface area contributed by atoms with Crippen molar-refractivity contribution < 1.29 is 14.8 Å². The zero-order valence-electron chi connectivity index (χ0n) is 18.0. The van der Waals surface area contributed by atoms with Crippen LogP contribution >= 0.6 is 11.6 Å². The van der Waals surface area contributed by atoms with Crippen LogP contribution in [0.4, 0.5) is 17.3 Å². The number of carbonyl (C=O) groups excluding carboxylic acids is 1. The van der Waals surface area contributed by atoms with Gasteiger partial charge in [0.1, 0.15) is 5.82 Å². The van der Waals surface area contributed by atoms with Gasteiger partial charge in [0.15, 0.2) is 0 Å². The second-order valence-electron chi connectivity index (χ2n) is 7.53. The highest BCUT2D eigenvalue weighted by Gasteiger charge is 2.17. The van der Waals surface area contributed by atoms with Crippen LogP contribution in [0.3, 0.4) is 0 Å². The van der Waals surface area contributed by atoms with Gasteiger partial charge in [-0.05, 0) is 37.1 Å². The van der Waals surface area contributed by atoms with Gasteiger partial charge in [-0.15, -0.1) is 0 Å². The summed E-state index contributed by atoms with van der Waals surface area (Å²) in [6, 6.07) is 10.1. The van der Waals surface area contributed by atoms with E-state index in [2.05, 4.69) is 15.6 Å². The third-order valence-electron chi connectivity index (χ3n) is 4.82. The maximum Gasteiger partial charge on any atom is 0.311 e. The predicted octanol–water partition coefficient (Wildman–Crippen LogP) is 3.31. The van der Waals surface area contributed by atoms with Crippen molar-refractivity contribution in [3.8, 4) is 11.1 Å². The molecule has 0 saturated heterocycles. The third-order valence-corrected chi connectivity index (χ3v) is 5.05. The summed E-state index contributed by atoms with van der Waals surface area (Å²) in [4.78, 5) is 27.0. The molecule has 1 atom stereocenters. The number of nitrogens with one attached hydrogen (secondary N) is 2. The van der Waals surface area contributed by atoms with E-state index < -0.39 is 11.0 Å². The Morgan fingerprint density at radius 1 is 1.33 bits per heavy atom. The van der Waals surface area contributed by atoms with Gasteiger partial charge in [-0.2, -0.15) is 0 Å². The lowest BCUT2D eigenvalue weighted by Crippen LogP contribution is -2.30. The summed E-state index contributed by atoms with van der Waals surface area (Å²) >= 11 is 6.13. The number of aliphatic hydroxyl groups is 1. The number of nitrogens with two attached hydrogens (primary N) is 1.